The Morgan fingerprint density at radius 1 is 1.50 bits per heavy atom. The minimum Gasteiger partial charge on any atom is -0.469 e. The van der Waals surface area contributed by atoms with Crippen molar-refractivity contribution in [3.05, 3.63) is 25.3 Å². The van der Waals surface area contributed by atoms with Crippen LogP contribution >= 0.6 is 0 Å². The van der Waals surface area contributed by atoms with Gasteiger partial charge in [-0.2, -0.15) is 0 Å². The Morgan fingerprint density at radius 2 is 2.14 bits per heavy atom. The smallest absolute Gasteiger partial charge is 0.330 e. The standard InChI is InChI=1S/C9H13NO4/c1-3-8(10)14-7(5-11)6-13-9(12)4-2/h3-4,7,10-11H,1-2,5-6H2/t7-/m0/s1. The van der Waals surface area contributed by atoms with Crippen LogP contribution in [0.4, 0.5) is 0 Å². The normalized spacial score (nSPS) is 11.2. The van der Waals surface area contributed by atoms with Gasteiger partial charge in [0.1, 0.15) is 6.61 Å². The molecule has 1 atom stereocenters. The Balaban J connectivity index is 3.90. The molecule has 0 amide bonds. The van der Waals surface area contributed by atoms with E-state index < -0.39 is 12.1 Å². The van der Waals surface area contributed by atoms with E-state index in [1.165, 1.54) is 6.08 Å². The number of carbonyl (C=O) groups excluding carboxylic acids is 1. The first-order chi connectivity index (χ1) is 6.63. The Bertz CT molecular complexity index is 237. The van der Waals surface area contributed by atoms with Gasteiger partial charge in [-0.25, -0.2) is 4.79 Å². The molecule has 5 heteroatoms. The van der Waals surface area contributed by atoms with Gasteiger partial charge < -0.3 is 14.6 Å². The summed E-state index contributed by atoms with van der Waals surface area (Å²) in [6.07, 6.45) is 1.44. The van der Waals surface area contributed by atoms with E-state index in [0.29, 0.717) is 0 Å². The van der Waals surface area contributed by atoms with Crippen molar-refractivity contribution in [2.24, 2.45) is 0 Å². The molecule has 0 aliphatic rings. The van der Waals surface area contributed by atoms with Crippen LogP contribution in [-0.2, 0) is 14.3 Å². The van der Waals surface area contributed by atoms with Crippen LogP contribution in [0.2, 0.25) is 0 Å². The highest BCUT2D eigenvalue weighted by atomic mass is 16.6. The number of hydrogen-bond acceptors (Lipinski definition) is 5. The van der Waals surface area contributed by atoms with Crippen molar-refractivity contribution in [1.82, 2.24) is 0 Å². The molecule has 0 spiro atoms. The van der Waals surface area contributed by atoms with Gasteiger partial charge >= 0.3 is 5.97 Å². The molecule has 5 nitrogen and oxygen atoms in total. The molecule has 0 aliphatic heterocycles. The second-order valence-corrected chi connectivity index (χ2v) is 2.32. The van der Waals surface area contributed by atoms with Crippen LogP contribution < -0.4 is 0 Å². The zero-order valence-electron chi connectivity index (χ0n) is 7.73. The van der Waals surface area contributed by atoms with Crippen molar-refractivity contribution in [3.63, 3.8) is 0 Å². The third kappa shape index (κ3) is 5.10. The summed E-state index contributed by atoms with van der Waals surface area (Å²) in [4.78, 5) is 10.6. The fraction of sp³-hybridized carbons (Fsp3) is 0.333. The van der Waals surface area contributed by atoms with Crippen LogP contribution in [0.5, 0.6) is 0 Å². The summed E-state index contributed by atoms with van der Waals surface area (Å²) >= 11 is 0. The lowest BCUT2D eigenvalue weighted by molar-refractivity contribution is -0.140. The quantitative estimate of drug-likeness (QED) is 0.278. The van der Waals surface area contributed by atoms with E-state index in [2.05, 4.69) is 17.9 Å². The van der Waals surface area contributed by atoms with Crippen molar-refractivity contribution in [2.75, 3.05) is 13.2 Å². The molecule has 78 valence electrons. The lowest BCUT2D eigenvalue weighted by atomic mass is 10.4. The van der Waals surface area contributed by atoms with E-state index in [4.69, 9.17) is 15.3 Å². The maximum Gasteiger partial charge on any atom is 0.330 e. The van der Waals surface area contributed by atoms with Crippen LogP contribution in [0.25, 0.3) is 0 Å². The third-order valence-electron chi connectivity index (χ3n) is 1.26. The number of nitrogens with one attached hydrogen (secondary N) is 1. The molecule has 0 radical (unpaired) electrons. The molecule has 0 aromatic rings. The van der Waals surface area contributed by atoms with E-state index in [0.717, 1.165) is 6.08 Å². The molecule has 2 N–H and O–H groups in total. The Hall–Kier alpha value is -1.62. The van der Waals surface area contributed by atoms with Gasteiger partial charge in [0, 0.05) is 6.08 Å². The molecule has 14 heavy (non-hydrogen) atoms. The molecule has 0 saturated carbocycles. The number of ether oxygens (including phenoxy) is 2. The number of rotatable bonds is 6. The zero-order valence-corrected chi connectivity index (χ0v) is 7.73. The number of carbonyl (C=O) groups is 1. The summed E-state index contributed by atoms with van der Waals surface area (Å²) in [7, 11) is 0. The van der Waals surface area contributed by atoms with E-state index in [1.807, 2.05) is 0 Å². The Morgan fingerprint density at radius 3 is 2.57 bits per heavy atom. The molecule has 0 rings (SSSR count). The maximum absolute atomic E-state index is 10.6. The molecule has 0 saturated heterocycles. The number of aliphatic hydroxyl groups is 1. The molecule has 0 aromatic carbocycles. The molecule has 0 fully saturated rings. The fourth-order valence-electron chi connectivity index (χ4n) is 0.586. The average molecular weight is 199 g/mol. The summed E-state index contributed by atoms with van der Waals surface area (Å²) in [6, 6.07) is 0. The number of aliphatic hydroxyl groups excluding tert-OH is 1. The SMILES string of the molecule is C=CC(=N)O[C@@H](CO)COC(=O)C=C. The first kappa shape index (κ1) is 12.4. The van der Waals surface area contributed by atoms with Crippen molar-refractivity contribution in [2.45, 2.75) is 6.10 Å². The monoisotopic (exact) mass is 199 g/mol. The van der Waals surface area contributed by atoms with Gasteiger partial charge in [0.15, 0.2) is 6.10 Å². The van der Waals surface area contributed by atoms with Crippen molar-refractivity contribution < 1.29 is 19.4 Å². The first-order valence-electron chi connectivity index (χ1n) is 3.91. The van der Waals surface area contributed by atoms with E-state index in [-0.39, 0.29) is 19.1 Å². The zero-order chi connectivity index (χ0) is 11.0. The third-order valence-corrected chi connectivity index (χ3v) is 1.26. The van der Waals surface area contributed by atoms with Gasteiger partial charge in [-0.15, -0.1) is 0 Å². The summed E-state index contributed by atoms with van der Waals surface area (Å²) in [5.74, 6) is -0.782. The lowest BCUT2D eigenvalue weighted by Gasteiger charge is -2.14. The molecule has 0 bridgehead atoms. The fourth-order valence-corrected chi connectivity index (χ4v) is 0.586. The summed E-state index contributed by atoms with van der Waals surface area (Å²) < 4.78 is 9.46. The molecule has 0 aliphatic carbocycles. The minimum absolute atomic E-state index is 0.127. The van der Waals surface area contributed by atoms with Crippen LogP contribution in [0.15, 0.2) is 25.3 Å². The lowest BCUT2D eigenvalue weighted by Crippen LogP contribution is -2.27. The van der Waals surface area contributed by atoms with Gasteiger partial charge in [-0.05, 0) is 6.08 Å². The topological polar surface area (TPSA) is 79.6 Å². The summed E-state index contributed by atoms with van der Waals surface area (Å²) in [5, 5.41) is 15.9. The average Bonchev–Trinajstić information content (AvgIpc) is 2.22. The largest absolute Gasteiger partial charge is 0.469 e. The Kier molecular flexibility index (Phi) is 6.06. The number of hydrogen-bond donors (Lipinski definition) is 2. The van der Waals surface area contributed by atoms with Gasteiger partial charge in [0.2, 0.25) is 5.90 Å². The highest BCUT2D eigenvalue weighted by molar-refractivity contribution is 5.84. The number of esters is 1. The highest BCUT2D eigenvalue weighted by Gasteiger charge is 2.11. The maximum atomic E-state index is 10.6. The molecular formula is C9H13NO4. The second-order valence-electron chi connectivity index (χ2n) is 2.32. The van der Waals surface area contributed by atoms with E-state index >= 15 is 0 Å². The van der Waals surface area contributed by atoms with Crippen molar-refractivity contribution >= 4 is 11.9 Å². The predicted molar refractivity (Wildman–Crippen MR) is 51.0 cm³/mol. The van der Waals surface area contributed by atoms with Gasteiger partial charge in [-0.3, -0.25) is 5.41 Å². The van der Waals surface area contributed by atoms with Crippen LogP contribution in [0.3, 0.4) is 0 Å². The minimum atomic E-state index is -0.746. The summed E-state index contributed by atoms with van der Waals surface area (Å²) in [6.45, 7) is 6.04. The Labute approximate surface area is 82.1 Å². The molecule has 0 unspecified atom stereocenters. The molecule has 0 heterocycles. The van der Waals surface area contributed by atoms with Gasteiger partial charge in [-0.1, -0.05) is 13.2 Å². The summed E-state index contributed by atoms with van der Waals surface area (Å²) in [5.41, 5.74) is 0. The van der Waals surface area contributed by atoms with E-state index in [9.17, 15) is 4.79 Å². The van der Waals surface area contributed by atoms with Crippen LogP contribution in [0, 0.1) is 5.41 Å². The van der Waals surface area contributed by atoms with Gasteiger partial charge in [0.05, 0.1) is 6.61 Å². The first-order valence-corrected chi connectivity index (χ1v) is 3.91. The highest BCUT2D eigenvalue weighted by Crippen LogP contribution is 1.95. The van der Waals surface area contributed by atoms with Crippen molar-refractivity contribution in [3.8, 4) is 0 Å². The molecule has 0 aromatic heterocycles. The molecular weight excluding hydrogens is 186 g/mol. The van der Waals surface area contributed by atoms with Crippen LogP contribution in [-0.4, -0.2) is 36.3 Å². The van der Waals surface area contributed by atoms with E-state index in [1.54, 1.807) is 0 Å². The van der Waals surface area contributed by atoms with Crippen LogP contribution in [0.1, 0.15) is 0 Å². The van der Waals surface area contributed by atoms with Gasteiger partial charge in [0.25, 0.3) is 0 Å². The van der Waals surface area contributed by atoms with Crippen molar-refractivity contribution in [1.29, 1.82) is 5.41 Å². The predicted octanol–water partition coefficient (Wildman–Crippen LogP) is 0.256. The second kappa shape index (κ2) is 6.85.